The van der Waals surface area contributed by atoms with Gasteiger partial charge in [-0.2, -0.15) is 0 Å². The van der Waals surface area contributed by atoms with Crippen molar-refractivity contribution in [2.45, 2.75) is 65.0 Å². The third-order valence-corrected chi connectivity index (χ3v) is 7.79. The van der Waals surface area contributed by atoms with E-state index in [1.54, 1.807) is 43.1 Å². The Hall–Kier alpha value is -4.05. The van der Waals surface area contributed by atoms with Crippen LogP contribution in [0.5, 0.6) is 0 Å². The van der Waals surface area contributed by atoms with Gasteiger partial charge in [0.25, 0.3) is 5.56 Å². The third kappa shape index (κ3) is 9.22. The van der Waals surface area contributed by atoms with Crippen LogP contribution >= 0.6 is 0 Å². The molecule has 236 valence electrons. The average molecular weight is 605 g/mol. The predicted molar refractivity (Wildman–Crippen MR) is 169 cm³/mol. The largest absolute Gasteiger partial charge is 0.449 e. The van der Waals surface area contributed by atoms with E-state index in [-0.39, 0.29) is 42.6 Å². The number of likely N-dealkylation sites (N-methyl/N-ethyl adjacent to an activating group) is 1. The molecular weight excluding hydrogens is 560 g/mol. The molecular formula is C34H44N4O6. The smallest absolute Gasteiger partial charge is 0.407 e. The summed E-state index contributed by atoms with van der Waals surface area (Å²) in [5, 5.41) is 2.68. The fraction of sp³-hybridized carbons (Fsp3) is 0.500. The predicted octanol–water partition coefficient (Wildman–Crippen LogP) is 4.04. The molecule has 10 heteroatoms. The fourth-order valence-electron chi connectivity index (χ4n) is 5.40. The number of ketones is 1. The number of aliphatic imine (C=N–C) groups is 1. The molecule has 3 heterocycles. The monoisotopic (exact) mass is 604 g/mol. The van der Waals surface area contributed by atoms with Crippen LogP contribution in [0.1, 0.15) is 49.8 Å². The maximum Gasteiger partial charge on any atom is 0.407 e. The molecule has 2 aromatic rings. The highest BCUT2D eigenvalue weighted by atomic mass is 16.6. The molecule has 10 nitrogen and oxygen atoms in total. The van der Waals surface area contributed by atoms with Crippen LogP contribution in [-0.2, 0) is 44.9 Å². The van der Waals surface area contributed by atoms with Gasteiger partial charge in [0.15, 0.2) is 5.78 Å². The number of fused-ring (bicyclic) bond motifs is 1. The summed E-state index contributed by atoms with van der Waals surface area (Å²) in [6, 6.07) is 8.78. The Kier molecular flexibility index (Phi) is 11.7. The number of carbonyl (C=O) groups excluding carboxylic acids is 3. The van der Waals surface area contributed by atoms with Crippen molar-refractivity contribution in [3.8, 4) is 0 Å². The van der Waals surface area contributed by atoms with E-state index in [1.165, 1.54) is 22.1 Å². The summed E-state index contributed by atoms with van der Waals surface area (Å²) < 4.78 is 12.3. The lowest BCUT2D eigenvalue weighted by Crippen LogP contribution is -2.43. The lowest BCUT2D eigenvalue weighted by molar-refractivity contribution is -0.123. The topological polar surface area (TPSA) is 119 Å². The van der Waals surface area contributed by atoms with Crippen molar-refractivity contribution >= 4 is 29.2 Å². The van der Waals surface area contributed by atoms with E-state index in [0.717, 1.165) is 24.2 Å². The Bertz CT molecular complexity index is 1450. The molecule has 4 rings (SSSR count). The summed E-state index contributed by atoms with van der Waals surface area (Å²) >= 11 is 0. The van der Waals surface area contributed by atoms with Gasteiger partial charge in [0.2, 0.25) is 5.91 Å². The Balaban J connectivity index is 1.43. The zero-order chi connectivity index (χ0) is 31.6. The van der Waals surface area contributed by atoms with Gasteiger partial charge in [0.05, 0.1) is 31.5 Å². The van der Waals surface area contributed by atoms with Gasteiger partial charge in [-0.1, -0.05) is 44.2 Å². The molecule has 1 aromatic heterocycles. The fourth-order valence-corrected chi connectivity index (χ4v) is 5.40. The van der Waals surface area contributed by atoms with E-state index >= 15 is 0 Å². The summed E-state index contributed by atoms with van der Waals surface area (Å²) in [6.45, 7) is 6.09. The number of benzene rings is 1. The minimum Gasteiger partial charge on any atom is -0.449 e. The second-order valence-corrected chi connectivity index (χ2v) is 12.2. The lowest BCUT2D eigenvalue weighted by Gasteiger charge is -2.18. The summed E-state index contributed by atoms with van der Waals surface area (Å²) in [7, 11) is 3.31. The molecule has 1 fully saturated rings. The second kappa shape index (κ2) is 15.6. The first-order valence-corrected chi connectivity index (χ1v) is 15.4. The molecule has 1 aromatic carbocycles. The molecule has 2 amide bonds. The molecule has 2 atom stereocenters. The van der Waals surface area contributed by atoms with Crippen molar-refractivity contribution in [2.75, 3.05) is 33.9 Å². The van der Waals surface area contributed by atoms with Crippen LogP contribution in [0.15, 0.2) is 58.5 Å². The van der Waals surface area contributed by atoms with Gasteiger partial charge < -0.3 is 24.3 Å². The molecule has 44 heavy (non-hydrogen) atoms. The number of para-hydroxylation sites is 1. The quantitative estimate of drug-likeness (QED) is 0.325. The van der Waals surface area contributed by atoms with Crippen LogP contribution in [0, 0.1) is 11.8 Å². The number of allylic oxidation sites excluding steroid dienone is 1. The number of nitrogens with one attached hydrogen (secondary N) is 1. The van der Waals surface area contributed by atoms with Gasteiger partial charge in [-0.3, -0.25) is 19.4 Å². The molecule has 0 spiro atoms. The Morgan fingerprint density at radius 3 is 2.70 bits per heavy atom. The van der Waals surface area contributed by atoms with E-state index in [4.69, 9.17) is 14.5 Å². The number of aromatic nitrogens is 1. The van der Waals surface area contributed by atoms with E-state index < -0.39 is 12.1 Å². The van der Waals surface area contributed by atoms with Crippen LogP contribution in [0.2, 0.25) is 0 Å². The molecule has 0 radical (unpaired) electrons. The molecule has 0 aliphatic carbocycles. The first kappa shape index (κ1) is 32.9. The lowest BCUT2D eigenvalue weighted by atomic mass is 9.98. The van der Waals surface area contributed by atoms with Gasteiger partial charge in [-0.15, -0.1) is 0 Å². The van der Waals surface area contributed by atoms with E-state index in [2.05, 4.69) is 37.4 Å². The van der Waals surface area contributed by atoms with Crippen molar-refractivity contribution in [1.82, 2.24) is 14.8 Å². The number of hydrogen-bond acceptors (Lipinski definition) is 7. The van der Waals surface area contributed by atoms with Crippen LogP contribution in [0.25, 0.3) is 0 Å². The number of pyridine rings is 1. The number of ether oxygens (including phenoxy) is 2. The van der Waals surface area contributed by atoms with Crippen molar-refractivity contribution in [1.29, 1.82) is 0 Å². The first-order valence-electron chi connectivity index (χ1n) is 15.4. The van der Waals surface area contributed by atoms with Crippen molar-refractivity contribution in [3.05, 3.63) is 75.7 Å². The minimum absolute atomic E-state index is 0.136. The van der Waals surface area contributed by atoms with Gasteiger partial charge in [0.1, 0.15) is 0 Å². The number of alkyl carbamates (subject to hydrolysis) is 1. The number of amides is 2. The van der Waals surface area contributed by atoms with Crippen LogP contribution in [0.4, 0.5) is 10.5 Å². The normalized spacial score (nSPS) is 16.6. The van der Waals surface area contributed by atoms with Crippen molar-refractivity contribution in [2.24, 2.45) is 16.8 Å². The average Bonchev–Trinajstić information content (AvgIpc) is 3.65. The van der Waals surface area contributed by atoms with Gasteiger partial charge in [-0.05, 0) is 54.9 Å². The number of Topliss-reactive ketones (excluding diaryl/α,β-unsaturated/α-hetero) is 1. The Morgan fingerprint density at radius 2 is 1.98 bits per heavy atom. The number of carbonyl (C=O) groups is 3. The van der Waals surface area contributed by atoms with E-state index in [0.29, 0.717) is 44.1 Å². The Morgan fingerprint density at radius 1 is 1.18 bits per heavy atom. The van der Waals surface area contributed by atoms with Crippen LogP contribution in [-0.4, -0.2) is 72.9 Å². The molecule has 2 aliphatic rings. The van der Waals surface area contributed by atoms with E-state index in [9.17, 15) is 19.2 Å². The van der Waals surface area contributed by atoms with Crippen molar-refractivity contribution < 1.29 is 23.9 Å². The summed E-state index contributed by atoms with van der Waals surface area (Å²) in [5.74, 6) is 0.167. The second-order valence-electron chi connectivity index (χ2n) is 12.2. The molecule has 1 unspecified atom stereocenters. The molecule has 0 saturated carbocycles. The molecule has 1 saturated heterocycles. The van der Waals surface area contributed by atoms with Crippen LogP contribution < -0.4 is 10.9 Å². The maximum absolute atomic E-state index is 13.5. The minimum atomic E-state index is -0.887. The summed E-state index contributed by atoms with van der Waals surface area (Å²) in [6.07, 6.45) is 7.06. The summed E-state index contributed by atoms with van der Waals surface area (Å²) in [4.78, 5) is 57.8. The molecule has 2 aliphatic heterocycles. The zero-order valence-electron chi connectivity index (χ0n) is 26.2. The highest BCUT2D eigenvalue weighted by Gasteiger charge is 2.25. The van der Waals surface area contributed by atoms with Gasteiger partial charge in [0, 0.05) is 56.9 Å². The number of nitrogens with zero attached hydrogens (tertiary/aromatic N) is 3. The molecule has 1 N–H and O–H groups in total. The highest BCUT2D eigenvalue weighted by Crippen LogP contribution is 2.32. The third-order valence-electron chi connectivity index (χ3n) is 7.79. The van der Waals surface area contributed by atoms with Gasteiger partial charge in [-0.25, -0.2) is 4.79 Å². The molecule has 0 bridgehead atoms. The summed E-state index contributed by atoms with van der Waals surface area (Å²) in [5.41, 5.74) is 4.37. The Labute approximate surface area is 259 Å². The van der Waals surface area contributed by atoms with Gasteiger partial charge >= 0.3 is 6.09 Å². The number of rotatable bonds is 14. The number of hydrogen-bond donors (Lipinski definition) is 1. The first-order chi connectivity index (χ1) is 21.1. The highest BCUT2D eigenvalue weighted by molar-refractivity contribution is 5.94. The van der Waals surface area contributed by atoms with Crippen LogP contribution in [0.3, 0.4) is 0 Å². The van der Waals surface area contributed by atoms with Crippen molar-refractivity contribution in [3.63, 3.8) is 0 Å². The van der Waals surface area contributed by atoms with E-state index in [1.807, 2.05) is 0 Å². The SMILES string of the molecule is CC(C)Cc1cccc2c1N=C(Cn1cccc(CC(=O)[C@H](CC/C=C/C(=O)N(C)C)NC(=O)OCC3CCOC3)c1=O)C2. The zero-order valence-corrected chi connectivity index (χ0v) is 26.2. The standard InChI is InChI=1S/C34H44N4O6/c1-23(2)17-25-9-7-10-26-18-28(35-32(25)26)20-38-15-8-11-27(33(38)41)19-30(39)29(12-5-6-13-31(40)37(3)4)36-34(42)44-22-24-14-16-43-21-24/h6-11,13,15,23-24,29H,5,12,14,16-22H2,1-4H3,(H,36,42)/b13-6+/t24?,29-/m0/s1. The maximum atomic E-state index is 13.5.